The Morgan fingerprint density at radius 3 is 2.72 bits per heavy atom. The molecule has 18 heavy (non-hydrogen) atoms. The minimum absolute atomic E-state index is 0.0516. The van der Waals surface area contributed by atoms with Gasteiger partial charge in [-0.15, -0.1) is 0 Å². The summed E-state index contributed by atoms with van der Waals surface area (Å²) < 4.78 is 0. The molecule has 4 heteroatoms. The minimum Gasteiger partial charge on any atom is -0.478 e. The van der Waals surface area contributed by atoms with Crippen LogP contribution in [0, 0.1) is 0 Å². The van der Waals surface area contributed by atoms with Gasteiger partial charge >= 0.3 is 5.97 Å². The second kappa shape index (κ2) is 4.64. The number of carboxylic acid groups (broad SMARTS) is 1. The number of carbonyl (C=O) groups is 2. The van der Waals surface area contributed by atoms with Gasteiger partial charge in [0, 0.05) is 17.2 Å². The zero-order chi connectivity index (χ0) is 13.2. The quantitative estimate of drug-likeness (QED) is 0.798. The van der Waals surface area contributed by atoms with Crippen LogP contribution in [0.25, 0.3) is 6.08 Å². The maximum Gasteiger partial charge on any atom is 0.328 e. The summed E-state index contributed by atoms with van der Waals surface area (Å²) in [5.74, 6) is -1.11. The van der Waals surface area contributed by atoms with Gasteiger partial charge in [-0.1, -0.05) is 12.1 Å². The third-order valence-electron chi connectivity index (χ3n) is 2.98. The van der Waals surface area contributed by atoms with E-state index in [0.29, 0.717) is 11.1 Å². The number of hydrogen-bond donors (Lipinski definition) is 2. The summed E-state index contributed by atoms with van der Waals surface area (Å²) in [6.07, 6.45) is 4.55. The van der Waals surface area contributed by atoms with Gasteiger partial charge in [-0.25, -0.2) is 4.79 Å². The van der Waals surface area contributed by atoms with Gasteiger partial charge in [0.25, 0.3) is 5.91 Å². The number of hydrogen-bond acceptors (Lipinski definition) is 2. The van der Waals surface area contributed by atoms with Gasteiger partial charge in [0.05, 0.1) is 0 Å². The predicted molar refractivity (Wildman–Crippen MR) is 68.2 cm³/mol. The normalized spacial score (nSPS) is 16.5. The van der Waals surface area contributed by atoms with Crippen LogP contribution in [0.2, 0.25) is 0 Å². The number of nitrogens with one attached hydrogen (secondary N) is 1. The summed E-state index contributed by atoms with van der Waals surface area (Å²) >= 11 is 0. The van der Waals surface area contributed by atoms with Crippen molar-refractivity contribution in [2.45, 2.75) is 25.3 Å². The first-order valence-corrected chi connectivity index (χ1v) is 5.82. The van der Waals surface area contributed by atoms with E-state index in [4.69, 9.17) is 5.11 Å². The molecule has 0 spiro atoms. The summed E-state index contributed by atoms with van der Waals surface area (Å²) in [6, 6.07) is 6.90. The first-order chi connectivity index (χ1) is 8.48. The van der Waals surface area contributed by atoms with Crippen LogP contribution in [-0.4, -0.2) is 22.5 Å². The van der Waals surface area contributed by atoms with Gasteiger partial charge in [-0.2, -0.15) is 0 Å². The molecule has 1 amide bonds. The van der Waals surface area contributed by atoms with Crippen LogP contribution < -0.4 is 5.32 Å². The monoisotopic (exact) mass is 245 g/mol. The van der Waals surface area contributed by atoms with Crippen molar-refractivity contribution in [2.24, 2.45) is 0 Å². The highest BCUT2D eigenvalue weighted by molar-refractivity contribution is 5.95. The van der Waals surface area contributed by atoms with E-state index in [2.05, 4.69) is 5.32 Å². The van der Waals surface area contributed by atoms with Gasteiger partial charge < -0.3 is 10.4 Å². The Morgan fingerprint density at radius 1 is 1.39 bits per heavy atom. The number of carbonyl (C=O) groups excluding carboxylic acids is 1. The molecule has 4 nitrogen and oxygen atoms in total. The molecule has 1 aromatic rings. The Kier molecular flexibility index (Phi) is 3.19. The van der Waals surface area contributed by atoms with Crippen molar-refractivity contribution < 1.29 is 14.7 Å². The van der Waals surface area contributed by atoms with E-state index in [0.717, 1.165) is 18.9 Å². The summed E-state index contributed by atoms with van der Waals surface area (Å²) in [4.78, 5) is 22.4. The Balaban J connectivity index is 2.11. The third-order valence-corrected chi connectivity index (χ3v) is 2.98. The lowest BCUT2D eigenvalue weighted by molar-refractivity contribution is -0.131. The van der Waals surface area contributed by atoms with Crippen molar-refractivity contribution in [3.63, 3.8) is 0 Å². The Labute approximate surface area is 105 Å². The molecule has 1 aromatic carbocycles. The highest BCUT2D eigenvalue weighted by Crippen LogP contribution is 2.34. The van der Waals surface area contributed by atoms with Crippen molar-refractivity contribution in [3.05, 3.63) is 41.5 Å². The van der Waals surface area contributed by atoms with Crippen molar-refractivity contribution >= 4 is 18.0 Å². The molecule has 0 bridgehead atoms. The van der Waals surface area contributed by atoms with E-state index < -0.39 is 5.97 Å². The van der Waals surface area contributed by atoms with Crippen LogP contribution in [0.1, 0.15) is 35.7 Å². The standard InChI is InChI=1S/C14H15NO3/c1-14(7-8-14)15-13(18)11-4-2-3-10(9-11)5-6-12(16)17/h2-6,9H,7-8H2,1H3,(H,15,18)(H,16,17)/b6-5+. The molecule has 1 aliphatic rings. The van der Waals surface area contributed by atoms with Gasteiger partial charge in [0.2, 0.25) is 0 Å². The SMILES string of the molecule is CC1(NC(=O)c2cccc(/C=C/C(=O)O)c2)CC1. The Morgan fingerprint density at radius 2 is 2.11 bits per heavy atom. The highest BCUT2D eigenvalue weighted by Gasteiger charge is 2.38. The van der Waals surface area contributed by atoms with E-state index in [1.165, 1.54) is 6.08 Å². The maximum atomic E-state index is 11.9. The van der Waals surface area contributed by atoms with Crippen molar-refractivity contribution in [1.29, 1.82) is 0 Å². The van der Waals surface area contributed by atoms with Gasteiger partial charge in [0.15, 0.2) is 0 Å². The maximum absolute atomic E-state index is 11.9. The molecule has 1 fully saturated rings. The Bertz CT molecular complexity index is 516. The molecule has 2 rings (SSSR count). The van der Waals surface area contributed by atoms with Crippen LogP contribution >= 0.6 is 0 Å². The Hall–Kier alpha value is -2.10. The second-order valence-corrected chi connectivity index (χ2v) is 4.81. The third kappa shape index (κ3) is 3.20. The van der Waals surface area contributed by atoms with E-state index in [9.17, 15) is 9.59 Å². The summed E-state index contributed by atoms with van der Waals surface area (Å²) in [5.41, 5.74) is 1.20. The van der Waals surface area contributed by atoms with Crippen LogP contribution in [0.4, 0.5) is 0 Å². The average Bonchev–Trinajstić information content (AvgIpc) is 3.04. The van der Waals surface area contributed by atoms with Crippen molar-refractivity contribution in [3.8, 4) is 0 Å². The molecule has 1 aliphatic carbocycles. The van der Waals surface area contributed by atoms with Crippen molar-refractivity contribution in [1.82, 2.24) is 5.32 Å². The summed E-state index contributed by atoms with van der Waals surface area (Å²) in [5, 5.41) is 11.5. The molecular weight excluding hydrogens is 230 g/mol. The lowest BCUT2D eigenvalue weighted by Gasteiger charge is -2.11. The smallest absolute Gasteiger partial charge is 0.328 e. The van der Waals surface area contributed by atoms with Gasteiger partial charge in [-0.3, -0.25) is 4.79 Å². The second-order valence-electron chi connectivity index (χ2n) is 4.81. The average molecular weight is 245 g/mol. The molecule has 0 atom stereocenters. The van der Waals surface area contributed by atoms with E-state index in [1.807, 2.05) is 6.92 Å². The number of aliphatic carboxylic acids is 1. The largest absolute Gasteiger partial charge is 0.478 e. The molecule has 0 unspecified atom stereocenters. The van der Waals surface area contributed by atoms with Gasteiger partial charge in [0.1, 0.15) is 0 Å². The molecule has 0 aromatic heterocycles. The van der Waals surface area contributed by atoms with Crippen molar-refractivity contribution in [2.75, 3.05) is 0 Å². The minimum atomic E-state index is -1.00. The van der Waals surface area contributed by atoms with Gasteiger partial charge in [-0.05, 0) is 43.5 Å². The number of rotatable bonds is 4. The van der Waals surface area contributed by atoms with E-state index in [1.54, 1.807) is 24.3 Å². The molecule has 0 radical (unpaired) electrons. The molecule has 0 saturated heterocycles. The molecule has 94 valence electrons. The summed E-state index contributed by atoms with van der Waals surface area (Å²) in [7, 11) is 0. The van der Waals surface area contributed by atoms with Crippen LogP contribution in [0.5, 0.6) is 0 Å². The van der Waals surface area contributed by atoms with E-state index >= 15 is 0 Å². The molecule has 1 saturated carbocycles. The molecule has 0 aliphatic heterocycles. The fourth-order valence-corrected chi connectivity index (χ4v) is 1.61. The molecule has 0 heterocycles. The zero-order valence-corrected chi connectivity index (χ0v) is 10.1. The fourth-order valence-electron chi connectivity index (χ4n) is 1.61. The lowest BCUT2D eigenvalue weighted by atomic mass is 10.1. The van der Waals surface area contributed by atoms with E-state index in [-0.39, 0.29) is 11.4 Å². The predicted octanol–water partition coefficient (Wildman–Crippen LogP) is 2.07. The number of carboxylic acids is 1. The lowest BCUT2D eigenvalue weighted by Crippen LogP contribution is -2.34. The summed E-state index contributed by atoms with van der Waals surface area (Å²) in [6.45, 7) is 2.01. The molecule has 2 N–H and O–H groups in total. The first kappa shape index (κ1) is 12.4. The topological polar surface area (TPSA) is 66.4 Å². The fraction of sp³-hybridized carbons (Fsp3) is 0.286. The number of amides is 1. The number of benzene rings is 1. The van der Waals surface area contributed by atoms with Crippen LogP contribution in [-0.2, 0) is 4.79 Å². The van der Waals surface area contributed by atoms with Crippen LogP contribution in [0.15, 0.2) is 30.3 Å². The van der Waals surface area contributed by atoms with Crippen LogP contribution in [0.3, 0.4) is 0 Å². The first-order valence-electron chi connectivity index (χ1n) is 5.82. The molecular formula is C14H15NO3. The zero-order valence-electron chi connectivity index (χ0n) is 10.1. The highest BCUT2D eigenvalue weighted by atomic mass is 16.4.